The van der Waals surface area contributed by atoms with E-state index in [1.807, 2.05) is 0 Å². The molecule has 0 saturated carbocycles. The van der Waals surface area contributed by atoms with Crippen LogP contribution < -0.4 is 4.74 Å². The number of hydrogen-bond donors (Lipinski definition) is 1. The SMILES string of the molecule is O=C(O)c1sccc1OCCc1ccc([N+](=O)[O-])cc1. The molecule has 1 N–H and O–H groups in total. The molecule has 0 aliphatic rings. The number of carboxylic acids is 1. The molecule has 0 unspecified atom stereocenters. The van der Waals surface area contributed by atoms with Crippen molar-refractivity contribution in [3.05, 3.63) is 56.3 Å². The molecule has 0 spiro atoms. The molecule has 0 atom stereocenters. The normalized spacial score (nSPS) is 10.2. The first-order valence-electron chi connectivity index (χ1n) is 5.75. The van der Waals surface area contributed by atoms with E-state index in [0.29, 0.717) is 18.8 Å². The lowest BCUT2D eigenvalue weighted by molar-refractivity contribution is -0.384. The molecule has 7 heteroatoms. The fourth-order valence-corrected chi connectivity index (χ4v) is 2.30. The quantitative estimate of drug-likeness (QED) is 0.653. The van der Waals surface area contributed by atoms with Gasteiger partial charge < -0.3 is 9.84 Å². The van der Waals surface area contributed by atoms with Gasteiger partial charge in [0.25, 0.3) is 5.69 Å². The lowest BCUT2D eigenvalue weighted by Gasteiger charge is -2.05. The Hall–Kier alpha value is -2.41. The lowest BCUT2D eigenvalue weighted by atomic mass is 10.1. The molecule has 0 fully saturated rings. The Morgan fingerprint density at radius 3 is 2.60 bits per heavy atom. The van der Waals surface area contributed by atoms with Crippen LogP contribution in [0.15, 0.2) is 35.7 Å². The third kappa shape index (κ3) is 3.33. The number of nitro groups is 1. The summed E-state index contributed by atoms with van der Waals surface area (Å²) in [5.41, 5.74) is 0.934. The third-order valence-corrected chi connectivity index (χ3v) is 3.50. The summed E-state index contributed by atoms with van der Waals surface area (Å²) in [6.45, 7) is 0.314. The maximum Gasteiger partial charge on any atom is 0.349 e. The average Bonchev–Trinajstić information content (AvgIpc) is 2.88. The third-order valence-electron chi connectivity index (χ3n) is 2.62. The summed E-state index contributed by atoms with van der Waals surface area (Å²) in [7, 11) is 0. The Kier molecular flexibility index (Phi) is 4.31. The maximum absolute atomic E-state index is 10.9. The Balaban J connectivity index is 1.91. The Bertz CT molecular complexity index is 620. The van der Waals surface area contributed by atoms with Gasteiger partial charge in [0.05, 0.1) is 11.5 Å². The van der Waals surface area contributed by atoms with E-state index in [-0.39, 0.29) is 10.6 Å². The Morgan fingerprint density at radius 1 is 1.30 bits per heavy atom. The number of non-ortho nitro benzene ring substituents is 1. The van der Waals surface area contributed by atoms with Crippen LogP contribution in [-0.4, -0.2) is 22.6 Å². The highest BCUT2D eigenvalue weighted by Crippen LogP contribution is 2.24. The molecule has 1 aromatic heterocycles. The van der Waals surface area contributed by atoms with Gasteiger partial charge >= 0.3 is 5.97 Å². The van der Waals surface area contributed by atoms with Crippen molar-refractivity contribution in [2.75, 3.05) is 6.61 Å². The molecule has 0 aliphatic carbocycles. The smallest absolute Gasteiger partial charge is 0.349 e. The fraction of sp³-hybridized carbons (Fsp3) is 0.154. The minimum atomic E-state index is -1.01. The lowest BCUT2D eigenvalue weighted by Crippen LogP contribution is -2.04. The molecule has 20 heavy (non-hydrogen) atoms. The van der Waals surface area contributed by atoms with Gasteiger partial charge in [-0.25, -0.2) is 4.79 Å². The largest absolute Gasteiger partial charge is 0.491 e. The van der Waals surface area contributed by atoms with E-state index in [0.717, 1.165) is 16.9 Å². The molecular formula is C13H11NO5S. The molecule has 0 radical (unpaired) electrons. The number of ether oxygens (including phenoxy) is 1. The standard InChI is InChI=1S/C13H11NO5S/c15-13(16)12-11(6-8-20-12)19-7-5-9-1-3-10(4-2-9)14(17)18/h1-4,6,8H,5,7H2,(H,15,16). The number of carbonyl (C=O) groups is 1. The zero-order chi connectivity index (χ0) is 14.5. The van der Waals surface area contributed by atoms with Crippen LogP contribution in [0.1, 0.15) is 15.2 Å². The van der Waals surface area contributed by atoms with Crippen molar-refractivity contribution in [1.29, 1.82) is 0 Å². The minimum Gasteiger partial charge on any atom is -0.491 e. The molecule has 0 aliphatic heterocycles. The van der Waals surface area contributed by atoms with Gasteiger partial charge in [0.1, 0.15) is 5.75 Å². The van der Waals surface area contributed by atoms with Gasteiger partial charge in [0.2, 0.25) is 0 Å². The summed E-state index contributed by atoms with van der Waals surface area (Å²) >= 11 is 1.11. The molecule has 1 heterocycles. The van der Waals surface area contributed by atoms with Crippen molar-refractivity contribution >= 4 is 23.0 Å². The highest BCUT2D eigenvalue weighted by molar-refractivity contribution is 7.12. The number of nitrogens with zero attached hydrogens (tertiary/aromatic N) is 1. The van der Waals surface area contributed by atoms with E-state index in [4.69, 9.17) is 9.84 Å². The van der Waals surface area contributed by atoms with Crippen LogP contribution in [0.25, 0.3) is 0 Å². The number of thiophene rings is 1. The van der Waals surface area contributed by atoms with Crippen LogP contribution in [0.4, 0.5) is 5.69 Å². The molecule has 1 aromatic carbocycles. The van der Waals surface area contributed by atoms with E-state index in [2.05, 4.69) is 0 Å². The predicted octanol–water partition coefficient (Wildman–Crippen LogP) is 2.98. The van der Waals surface area contributed by atoms with Crippen LogP contribution in [0.3, 0.4) is 0 Å². The van der Waals surface area contributed by atoms with Crippen molar-refractivity contribution in [2.24, 2.45) is 0 Å². The molecule has 0 saturated heterocycles. The number of nitro benzene ring substituents is 1. The zero-order valence-electron chi connectivity index (χ0n) is 10.3. The van der Waals surface area contributed by atoms with Crippen LogP contribution in [0.5, 0.6) is 5.75 Å². The van der Waals surface area contributed by atoms with E-state index in [9.17, 15) is 14.9 Å². The van der Waals surface area contributed by atoms with E-state index in [1.54, 1.807) is 23.6 Å². The van der Waals surface area contributed by atoms with Crippen molar-refractivity contribution < 1.29 is 19.6 Å². The number of hydrogen-bond acceptors (Lipinski definition) is 5. The summed E-state index contributed by atoms with van der Waals surface area (Å²) in [5.74, 6) is -0.658. The van der Waals surface area contributed by atoms with Gasteiger partial charge in [0.15, 0.2) is 4.88 Å². The number of benzene rings is 1. The van der Waals surface area contributed by atoms with Crippen LogP contribution >= 0.6 is 11.3 Å². The Morgan fingerprint density at radius 2 is 2.00 bits per heavy atom. The van der Waals surface area contributed by atoms with E-state index >= 15 is 0 Å². The fourth-order valence-electron chi connectivity index (χ4n) is 1.63. The summed E-state index contributed by atoms with van der Waals surface area (Å²) in [6.07, 6.45) is 0.549. The first kappa shape index (κ1) is 14.0. The van der Waals surface area contributed by atoms with Gasteiger partial charge in [-0.15, -0.1) is 11.3 Å². The highest BCUT2D eigenvalue weighted by atomic mass is 32.1. The van der Waals surface area contributed by atoms with Crippen LogP contribution in [-0.2, 0) is 6.42 Å². The molecule has 0 bridgehead atoms. The summed E-state index contributed by atoms with van der Waals surface area (Å²) < 4.78 is 5.42. The zero-order valence-corrected chi connectivity index (χ0v) is 11.1. The second-order valence-electron chi connectivity index (χ2n) is 3.94. The molecule has 6 nitrogen and oxygen atoms in total. The van der Waals surface area contributed by atoms with Crippen molar-refractivity contribution in [2.45, 2.75) is 6.42 Å². The second-order valence-corrected chi connectivity index (χ2v) is 4.86. The van der Waals surface area contributed by atoms with E-state index < -0.39 is 10.9 Å². The van der Waals surface area contributed by atoms with E-state index in [1.165, 1.54) is 12.1 Å². The first-order valence-corrected chi connectivity index (χ1v) is 6.63. The monoisotopic (exact) mass is 293 g/mol. The van der Waals surface area contributed by atoms with Gasteiger partial charge in [-0.3, -0.25) is 10.1 Å². The van der Waals surface area contributed by atoms with Gasteiger partial charge in [-0.1, -0.05) is 12.1 Å². The van der Waals surface area contributed by atoms with Crippen LogP contribution in [0, 0.1) is 10.1 Å². The number of carboxylic acid groups (broad SMARTS) is 1. The molecular weight excluding hydrogens is 282 g/mol. The number of aromatic carboxylic acids is 1. The summed E-state index contributed by atoms with van der Waals surface area (Å²) in [6, 6.07) is 7.80. The first-order chi connectivity index (χ1) is 9.58. The second kappa shape index (κ2) is 6.16. The van der Waals surface area contributed by atoms with Crippen LogP contribution in [0.2, 0.25) is 0 Å². The molecule has 2 aromatic rings. The Labute approximate surface area is 118 Å². The van der Waals surface area contributed by atoms with Crippen molar-refractivity contribution in [1.82, 2.24) is 0 Å². The maximum atomic E-state index is 10.9. The highest BCUT2D eigenvalue weighted by Gasteiger charge is 2.12. The van der Waals surface area contributed by atoms with Crippen molar-refractivity contribution in [3.63, 3.8) is 0 Å². The van der Waals surface area contributed by atoms with Gasteiger partial charge in [0, 0.05) is 18.6 Å². The predicted molar refractivity (Wildman–Crippen MR) is 73.6 cm³/mol. The molecule has 0 amide bonds. The van der Waals surface area contributed by atoms with Gasteiger partial charge in [-0.05, 0) is 17.0 Å². The summed E-state index contributed by atoms with van der Waals surface area (Å²) in [5, 5.41) is 21.1. The summed E-state index contributed by atoms with van der Waals surface area (Å²) in [4.78, 5) is 21.1. The number of rotatable bonds is 6. The minimum absolute atomic E-state index is 0.0423. The van der Waals surface area contributed by atoms with Crippen molar-refractivity contribution in [3.8, 4) is 5.75 Å². The molecule has 2 rings (SSSR count). The average molecular weight is 293 g/mol. The molecule has 104 valence electrons. The van der Waals surface area contributed by atoms with Gasteiger partial charge in [-0.2, -0.15) is 0 Å². The topological polar surface area (TPSA) is 89.7 Å².